The van der Waals surface area contributed by atoms with E-state index in [4.69, 9.17) is 9.72 Å². The van der Waals surface area contributed by atoms with Crippen LogP contribution in [0.25, 0.3) is 11.1 Å². The maximum absolute atomic E-state index is 12.2. The maximum atomic E-state index is 12.2. The molecule has 3 rings (SSSR count). The number of benzene rings is 1. The van der Waals surface area contributed by atoms with Crippen molar-refractivity contribution in [3.8, 4) is 16.9 Å². The first-order valence-corrected chi connectivity index (χ1v) is 8.55. The van der Waals surface area contributed by atoms with Crippen molar-refractivity contribution in [2.24, 2.45) is 0 Å². The highest BCUT2D eigenvalue weighted by atomic mass is 16.5. The van der Waals surface area contributed by atoms with Gasteiger partial charge in [0.2, 0.25) is 5.91 Å². The standard InChI is InChI=1S/C20H24N2O2/c1-4-20(23)22-11-5-6-19(22)18-13-16(12-14(2)21-18)15-7-9-17(24-3)10-8-15/h7-10,12-13,19H,4-6,11H2,1-3H3/t19-/m0/s1. The van der Waals surface area contributed by atoms with E-state index in [-0.39, 0.29) is 11.9 Å². The summed E-state index contributed by atoms with van der Waals surface area (Å²) in [6.45, 7) is 4.77. The zero-order chi connectivity index (χ0) is 17.1. The highest BCUT2D eigenvalue weighted by Gasteiger charge is 2.30. The van der Waals surface area contributed by atoms with Crippen LogP contribution in [0.1, 0.15) is 43.6 Å². The van der Waals surface area contributed by atoms with Crippen LogP contribution < -0.4 is 4.74 Å². The summed E-state index contributed by atoms with van der Waals surface area (Å²) in [6, 6.07) is 12.4. The summed E-state index contributed by atoms with van der Waals surface area (Å²) in [5.41, 5.74) is 4.25. The minimum Gasteiger partial charge on any atom is -0.497 e. The van der Waals surface area contributed by atoms with Crippen LogP contribution in [0.4, 0.5) is 0 Å². The van der Waals surface area contributed by atoms with Crippen LogP contribution >= 0.6 is 0 Å². The molecule has 2 aromatic rings. The second-order valence-electron chi connectivity index (χ2n) is 6.25. The molecule has 1 saturated heterocycles. The zero-order valence-corrected chi connectivity index (χ0v) is 14.6. The Morgan fingerprint density at radius 3 is 2.67 bits per heavy atom. The number of methoxy groups -OCH3 is 1. The Morgan fingerprint density at radius 1 is 1.25 bits per heavy atom. The number of pyridine rings is 1. The van der Waals surface area contributed by atoms with Gasteiger partial charge < -0.3 is 9.64 Å². The smallest absolute Gasteiger partial charge is 0.222 e. The van der Waals surface area contributed by atoms with E-state index < -0.39 is 0 Å². The van der Waals surface area contributed by atoms with Crippen molar-refractivity contribution in [2.45, 2.75) is 39.2 Å². The van der Waals surface area contributed by atoms with Crippen molar-refractivity contribution < 1.29 is 9.53 Å². The van der Waals surface area contributed by atoms with Gasteiger partial charge >= 0.3 is 0 Å². The summed E-state index contributed by atoms with van der Waals surface area (Å²) in [6.07, 6.45) is 2.59. The highest BCUT2D eigenvalue weighted by molar-refractivity contribution is 5.76. The molecule has 1 aromatic carbocycles. The first-order chi connectivity index (χ1) is 11.6. The molecule has 4 nitrogen and oxygen atoms in total. The van der Waals surface area contributed by atoms with Crippen LogP contribution in [0, 0.1) is 6.92 Å². The normalized spacial score (nSPS) is 17.1. The monoisotopic (exact) mass is 324 g/mol. The number of amides is 1. The number of hydrogen-bond acceptors (Lipinski definition) is 3. The molecule has 0 N–H and O–H groups in total. The van der Waals surface area contributed by atoms with Crippen LogP contribution in [-0.4, -0.2) is 29.4 Å². The molecule has 1 atom stereocenters. The Balaban J connectivity index is 1.95. The molecule has 0 saturated carbocycles. The fraction of sp³-hybridized carbons (Fsp3) is 0.400. The predicted octanol–water partition coefficient (Wildman–Crippen LogP) is 4.14. The third kappa shape index (κ3) is 3.28. The minimum atomic E-state index is 0.106. The topological polar surface area (TPSA) is 42.4 Å². The Bertz CT molecular complexity index is 725. The summed E-state index contributed by atoms with van der Waals surface area (Å²) in [4.78, 5) is 18.9. The first-order valence-electron chi connectivity index (χ1n) is 8.55. The molecule has 1 aromatic heterocycles. The van der Waals surface area contributed by atoms with Gasteiger partial charge in [0.05, 0.1) is 18.8 Å². The second-order valence-corrected chi connectivity index (χ2v) is 6.25. The SMILES string of the molecule is CCC(=O)N1CCC[C@H]1c1cc(-c2ccc(OC)cc2)cc(C)n1. The largest absolute Gasteiger partial charge is 0.497 e. The fourth-order valence-corrected chi connectivity index (χ4v) is 3.39. The van der Waals surface area contributed by atoms with E-state index in [0.29, 0.717) is 6.42 Å². The Labute approximate surface area is 143 Å². The third-order valence-corrected chi connectivity index (χ3v) is 4.61. The number of hydrogen-bond donors (Lipinski definition) is 0. The van der Waals surface area contributed by atoms with E-state index in [1.165, 1.54) is 0 Å². The summed E-state index contributed by atoms with van der Waals surface area (Å²) < 4.78 is 5.23. The van der Waals surface area contributed by atoms with Crippen molar-refractivity contribution >= 4 is 5.91 Å². The van der Waals surface area contributed by atoms with Crippen molar-refractivity contribution in [1.82, 2.24) is 9.88 Å². The predicted molar refractivity (Wildman–Crippen MR) is 94.9 cm³/mol. The number of likely N-dealkylation sites (tertiary alicyclic amines) is 1. The Hall–Kier alpha value is -2.36. The summed E-state index contributed by atoms with van der Waals surface area (Å²) in [5.74, 6) is 1.06. The van der Waals surface area contributed by atoms with Crippen molar-refractivity contribution in [2.75, 3.05) is 13.7 Å². The molecule has 126 valence electrons. The number of rotatable bonds is 4. The fourth-order valence-electron chi connectivity index (χ4n) is 3.39. The minimum absolute atomic E-state index is 0.106. The number of nitrogens with zero attached hydrogens (tertiary/aromatic N) is 2. The van der Waals surface area contributed by atoms with Gasteiger partial charge in [-0.05, 0) is 55.2 Å². The van der Waals surface area contributed by atoms with Gasteiger partial charge in [-0.25, -0.2) is 0 Å². The molecule has 0 bridgehead atoms. The lowest BCUT2D eigenvalue weighted by Crippen LogP contribution is -2.30. The average molecular weight is 324 g/mol. The molecular formula is C20H24N2O2. The Morgan fingerprint density at radius 2 is 2.00 bits per heavy atom. The van der Waals surface area contributed by atoms with Crippen LogP contribution in [0.2, 0.25) is 0 Å². The van der Waals surface area contributed by atoms with Gasteiger partial charge in [-0.1, -0.05) is 19.1 Å². The number of ether oxygens (including phenoxy) is 1. The number of carbonyl (C=O) groups excluding carboxylic acids is 1. The molecule has 1 amide bonds. The molecule has 0 unspecified atom stereocenters. The average Bonchev–Trinajstić information content (AvgIpc) is 3.10. The molecule has 0 radical (unpaired) electrons. The van der Waals surface area contributed by atoms with Crippen LogP contribution in [0.15, 0.2) is 36.4 Å². The van der Waals surface area contributed by atoms with Gasteiger partial charge in [0.1, 0.15) is 5.75 Å². The van der Waals surface area contributed by atoms with Crippen molar-refractivity contribution in [1.29, 1.82) is 0 Å². The van der Waals surface area contributed by atoms with E-state index in [2.05, 4.69) is 24.3 Å². The number of aromatic nitrogens is 1. The van der Waals surface area contributed by atoms with Crippen LogP contribution in [0.5, 0.6) is 5.75 Å². The summed E-state index contributed by atoms with van der Waals surface area (Å²) >= 11 is 0. The number of aryl methyl sites for hydroxylation is 1. The number of carbonyl (C=O) groups is 1. The van der Waals surface area contributed by atoms with Gasteiger partial charge in [0.15, 0.2) is 0 Å². The van der Waals surface area contributed by atoms with Gasteiger partial charge in [-0.3, -0.25) is 9.78 Å². The molecule has 0 spiro atoms. The first kappa shape index (κ1) is 16.5. The Kier molecular flexibility index (Phi) is 4.84. The van der Waals surface area contributed by atoms with Gasteiger partial charge in [0, 0.05) is 18.7 Å². The van der Waals surface area contributed by atoms with Crippen LogP contribution in [-0.2, 0) is 4.79 Å². The lowest BCUT2D eigenvalue weighted by molar-refractivity contribution is -0.131. The van der Waals surface area contributed by atoms with E-state index in [9.17, 15) is 4.79 Å². The lowest BCUT2D eigenvalue weighted by Gasteiger charge is -2.24. The van der Waals surface area contributed by atoms with Gasteiger partial charge in [-0.2, -0.15) is 0 Å². The lowest BCUT2D eigenvalue weighted by atomic mass is 10.0. The molecule has 1 aliphatic rings. The van der Waals surface area contributed by atoms with E-state index in [0.717, 1.165) is 47.7 Å². The molecule has 1 aliphatic heterocycles. The summed E-state index contributed by atoms with van der Waals surface area (Å²) in [7, 11) is 1.67. The molecule has 2 heterocycles. The second kappa shape index (κ2) is 7.04. The molecule has 4 heteroatoms. The zero-order valence-electron chi connectivity index (χ0n) is 14.6. The molecule has 24 heavy (non-hydrogen) atoms. The van der Waals surface area contributed by atoms with Gasteiger partial charge in [-0.15, -0.1) is 0 Å². The van der Waals surface area contributed by atoms with Crippen molar-refractivity contribution in [3.63, 3.8) is 0 Å². The quantitative estimate of drug-likeness (QED) is 0.849. The molecule has 1 fully saturated rings. The van der Waals surface area contributed by atoms with Crippen LogP contribution in [0.3, 0.4) is 0 Å². The molecular weight excluding hydrogens is 300 g/mol. The maximum Gasteiger partial charge on any atom is 0.222 e. The van der Waals surface area contributed by atoms with E-state index in [1.807, 2.05) is 30.9 Å². The summed E-state index contributed by atoms with van der Waals surface area (Å²) in [5, 5.41) is 0. The van der Waals surface area contributed by atoms with E-state index in [1.54, 1.807) is 7.11 Å². The molecule has 0 aliphatic carbocycles. The highest BCUT2D eigenvalue weighted by Crippen LogP contribution is 2.34. The van der Waals surface area contributed by atoms with E-state index >= 15 is 0 Å². The van der Waals surface area contributed by atoms with Gasteiger partial charge in [0.25, 0.3) is 0 Å². The van der Waals surface area contributed by atoms with Crippen molar-refractivity contribution in [3.05, 3.63) is 47.8 Å². The third-order valence-electron chi connectivity index (χ3n) is 4.61.